The van der Waals surface area contributed by atoms with E-state index in [4.69, 9.17) is 9.72 Å². The summed E-state index contributed by atoms with van der Waals surface area (Å²) in [6, 6.07) is 6.36. The Morgan fingerprint density at radius 2 is 2.12 bits per heavy atom. The van der Waals surface area contributed by atoms with Crippen LogP contribution in [0.4, 0.5) is 11.5 Å². The smallest absolute Gasteiger partial charge is 0.224 e. The molecule has 1 aliphatic rings. The SMILES string of the molecule is CCCC(=O)Nc1cnn2c(NC)cc(-c3cn(C4CCOCC4)c4ncccc34)nc12. The van der Waals surface area contributed by atoms with Crippen molar-refractivity contribution in [1.29, 1.82) is 0 Å². The molecule has 0 atom stereocenters. The van der Waals surface area contributed by atoms with Crippen molar-refractivity contribution in [3.05, 3.63) is 36.8 Å². The second-order valence-corrected chi connectivity index (χ2v) is 8.04. The molecule has 9 heteroatoms. The summed E-state index contributed by atoms with van der Waals surface area (Å²) in [6.07, 6.45) is 8.79. The van der Waals surface area contributed by atoms with Crippen LogP contribution in [0.1, 0.15) is 38.6 Å². The quantitative estimate of drug-likeness (QED) is 0.479. The Morgan fingerprint density at radius 1 is 1.28 bits per heavy atom. The Morgan fingerprint density at radius 3 is 2.91 bits per heavy atom. The number of aromatic nitrogens is 5. The zero-order valence-corrected chi connectivity index (χ0v) is 18.3. The van der Waals surface area contributed by atoms with E-state index in [0.717, 1.165) is 60.6 Å². The third kappa shape index (κ3) is 3.58. The maximum absolute atomic E-state index is 12.2. The minimum absolute atomic E-state index is 0.0408. The number of amides is 1. The van der Waals surface area contributed by atoms with E-state index in [2.05, 4.69) is 37.5 Å². The van der Waals surface area contributed by atoms with Gasteiger partial charge in [0.25, 0.3) is 0 Å². The maximum atomic E-state index is 12.2. The average molecular weight is 434 g/mol. The summed E-state index contributed by atoms with van der Waals surface area (Å²) in [7, 11) is 1.85. The first-order valence-electron chi connectivity index (χ1n) is 11.1. The van der Waals surface area contributed by atoms with Crippen LogP contribution in [0, 0.1) is 0 Å². The number of ether oxygens (including phenoxy) is 1. The summed E-state index contributed by atoms with van der Waals surface area (Å²) in [6.45, 7) is 3.50. The monoisotopic (exact) mass is 433 g/mol. The molecule has 0 aromatic carbocycles. The summed E-state index contributed by atoms with van der Waals surface area (Å²) in [5.74, 6) is 0.748. The third-order valence-electron chi connectivity index (χ3n) is 5.93. The number of nitrogens with zero attached hydrogens (tertiary/aromatic N) is 5. The third-order valence-corrected chi connectivity index (χ3v) is 5.93. The lowest BCUT2D eigenvalue weighted by atomic mass is 10.1. The van der Waals surface area contributed by atoms with Gasteiger partial charge in [-0.3, -0.25) is 4.79 Å². The van der Waals surface area contributed by atoms with Crippen LogP contribution in [-0.2, 0) is 9.53 Å². The van der Waals surface area contributed by atoms with E-state index >= 15 is 0 Å². The van der Waals surface area contributed by atoms with Gasteiger partial charge in [-0.25, -0.2) is 9.97 Å². The highest BCUT2D eigenvalue weighted by Crippen LogP contribution is 2.35. The van der Waals surface area contributed by atoms with Crippen LogP contribution < -0.4 is 10.6 Å². The highest BCUT2D eigenvalue weighted by atomic mass is 16.5. The van der Waals surface area contributed by atoms with Crippen molar-refractivity contribution in [2.75, 3.05) is 30.9 Å². The van der Waals surface area contributed by atoms with Gasteiger partial charge in [-0.05, 0) is 31.4 Å². The molecule has 9 nitrogen and oxygen atoms in total. The van der Waals surface area contributed by atoms with Gasteiger partial charge >= 0.3 is 0 Å². The van der Waals surface area contributed by atoms with E-state index < -0.39 is 0 Å². The first-order chi connectivity index (χ1) is 15.7. The number of hydrogen-bond donors (Lipinski definition) is 2. The maximum Gasteiger partial charge on any atom is 0.224 e. The Bertz CT molecular complexity index is 1270. The topological polar surface area (TPSA) is 98.4 Å². The minimum atomic E-state index is -0.0408. The summed E-state index contributed by atoms with van der Waals surface area (Å²) in [4.78, 5) is 21.8. The Balaban J connectivity index is 1.65. The van der Waals surface area contributed by atoms with Crippen LogP contribution in [0.2, 0.25) is 0 Å². The molecule has 5 heterocycles. The van der Waals surface area contributed by atoms with Gasteiger partial charge in [0.05, 0.1) is 11.9 Å². The lowest BCUT2D eigenvalue weighted by Gasteiger charge is -2.24. The molecule has 1 amide bonds. The summed E-state index contributed by atoms with van der Waals surface area (Å²) in [5.41, 5.74) is 3.97. The molecule has 5 rings (SSSR count). The standard InChI is InChI=1S/C23H27N7O2/c1-3-5-21(31)27-19-13-26-30-20(24-2)12-18(28-23(19)30)17-14-29(15-7-10-32-11-8-15)22-16(17)6-4-9-25-22/h4,6,9,12-15,24H,3,5,7-8,10-11H2,1-2H3,(H,27,31). The van der Waals surface area contributed by atoms with Crippen LogP contribution >= 0.6 is 0 Å². The van der Waals surface area contributed by atoms with Gasteiger partial charge in [-0.1, -0.05) is 6.92 Å². The molecule has 0 bridgehead atoms. The summed E-state index contributed by atoms with van der Waals surface area (Å²) in [5, 5.41) is 11.6. The molecule has 4 aromatic heterocycles. The van der Waals surface area contributed by atoms with Crippen molar-refractivity contribution in [2.45, 2.75) is 38.6 Å². The summed E-state index contributed by atoms with van der Waals surface area (Å²) < 4.78 is 9.53. The first kappa shape index (κ1) is 20.4. The number of nitrogens with one attached hydrogen (secondary N) is 2. The average Bonchev–Trinajstić information content (AvgIpc) is 3.41. The fourth-order valence-electron chi connectivity index (χ4n) is 4.34. The van der Waals surface area contributed by atoms with Crippen molar-refractivity contribution in [3.8, 4) is 11.3 Å². The lowest BCUT2D eigenvalue weighted by molar-refractivity contribution is -0.116. The molecule has 4 aromatic rings. The van der Waals surface area contributed by atoms with E-state index in [1.807, 2.05) is 32.3 Å². The fourth-order valence-corrected chi connectivity index (χ4v) is 4.34. The van der Waals surface area contributed by atoms with Gasteiger partial charge in [-0.15, -0.1) is 0 Å². The number of anilines is 2. The van der Waals surface area contributed by atoms with Crippen LogP contribution in [0.25, 0.3) is 27.9 Å². The molecular weight excluding hydrogens is 406 g/mol. The lowest BCUT2D eigenvalue weighted by Crippen LogP contribution is -2.19. The minimum Gasteiger partial charge on any atom is -0.381 e. The van der Waals surface area contributed by atoms with Gasteiger partial charge < -0.3 is 19.9 Å². The van der Waals surface area contributed by atoms with Gasteiger partial charge in [0, 0.05) is 62.1 Å². The Labute approximate surface area is 185 Å². The highest BCUT2D eigenvalue weighted by Gasteiger charge is 2.22. The normalized spacial score (nSPS) is 14.8. The van der Waals surface area contributed by atoms with E-state index in [1.165, 1.54) is 0 Å². The molecule has 1 aliphatic heterocycles. The van der Waals surface area contributed by atoms with E-state index in [9.17, 15) is 4.79 Å². The first-order valence-corrected chi connectivity index (χ1v) is 11.1. The number of rotatable bonds is 6. The zero-order chi connectivity index (χ0) is 22.1. The molecule has 1 saturated heterocycles. The Kier molecular flexibility index (Phi) is 5.48. The van der Waals surface area contributed by atoms with Gasteiger partial charge in [0.15, 0.2) is 5.65 Å². The molecule has 0 spiro atoms. The summed E-state index contributed by atoms with van der Waals surface area (Å²) >= 11 is 0. The zero-order valence-electron chi connectivity index (χ0n) is 18.3. The van der Waals surface area contributed by atoms with E-state index in [-0.39, 0.29) is 5.91 Å². The largest absolute Gasteiger partial charge is 0.381 e. The highest BCUT2D eigenvalue weighted by molar-refractivity contribution is 5.96. The molecule has 2 N–H and O–H groups in total. The van der Waals surface area contributed by atoms with Crippen LogP contribution in [0.5, 0.6) is 0 Å². The number of fused-ring (bicyclic) bond motifs is 2. The molecule has 1 fully saturated rings. The molecule has 0 saturated carbocycles. The van der Waals surface area contributed by atoms with Crippen molar-refractivity contribution in [1.82, 2.24) is 24.1 Å². The molecule has 32 heavy (non-hydrogen) atoms. The number of hydrogen-bond acceptors (Lipinski definition) is 6. The van der Waals surface area contributed by atoms with Crippen molar-refractivity contribution in [3.63, 3.8) is 0 Å². The fraction of sp³-hybridized carbons (Fsp3) is 0.391. The second kappa shape index (κ2) is 8.58. The van der Waals surface area contributed by atoms with Crippen molar-refractivity contribution in [2.24, 2.45) is 0 Å². The molecule has 0 aliphatic carbocycles. The predicted molar refractivity (Wildman–Crippen MR) is 124 cm³/mol. The van der Waals surface area contributed by atoms with Crippen molar-refractivity contribution < 1.29 is 9.53 Å². The number of carbonyl (C=O) groups is 1. The molecule has 0 unspecified atom stereocenters. The molecule has 166 valence electrons. The molecule has 0 radical (unpaired) electrons. The van der Waals surface area contributed by atoms with Crippen LogP contribution in [0.3, 0.4) is 0 Å². The van der Waals surface area contributed by atoms with E-state index in [1.54, 1.807) is 10.7 Å². The Hall–Kier alpha value is -3.46. The molecular formula is C23H27N7O2. The van der Waals surface area contributed by atoms with Crippen LogP contribution in [-0.4, -0.2) is 50.3 Å². The van der Waals surface area contributed by atoms with Gasteiger partial charge in [-0.2, -0.15) is 9.61 Å². The van der Waals surface area contributed by atoms with E-state index in [0.29, 0.717) is 23.8 Å². The van der Waals surface area contributed by atoms with Gasteiger partial charge in [0.1, 0.15) is 17.2 Å². The predicted octanol–water partition coefficient (Wildman–Crippen LogP) is 3.88. The van der Waals surface area contributed by atoms with Crippen molar-refractivity contribution >= 4 is 34.1 Å². The number of carbonyl (C=O) groups excluding carboxylic acids is 1. The number of pyridine rings is 1. The van der Waals surface area contributed by atoms with Gasteiger partial charge in [0.2, 0.25) is 5.91 Å². The second-order valence-electron chi connectivity index (χ2n) is 8.04. The van der Waals surface area contributed by atoms with Crippen LogP contribution in [0.15, 0.2) is 36.8 Å².